The van der Waals surface area contributed by atoms with E-state index in [0.29, 0.717) is 17.8 Å². The molecule has 0 N–H and O–H groups in total. The Kier molecular flexibility index (Phi) is 6.18. The van der Waals surface area contributed by atoms with E-state index < -0.39 is 0 Å². The lowest BCUT2D eigenvalue weighted by molar-refractivity contribution is 0.821. The normalized spacial score (nSPS) is 18.2. The van der Waals surface area contributed by atoms with Crippen LogP contribution < -0.4 is 0 Å². The molecule has 6 rings (SSSR count). The third-order valence-electron chi connectivity index (χ3n) is 9.05. The molecule has 0 radical (unpaired) electrons. The van der Waals surface area contributed by atoms with Gasteiger partial charge >= 0.3 is 0 Å². The second kappa shape index (κ2) is 9.42. The second-order valence-corrected chi connectivity index (χ2v) is 12.1. The molecule has 0 saturated heterocycles. The van der Waals surface area contributed by atoms with Crippen LogP contribution in [0.5, 0.6) is 0 Å². The van der Waals surface area contributed by atoms with Gasteiger partial charge in [-0.2, -0.15) is 0 Å². The summed E-state index contributed by atoms with van der Waals surface area (Å²) < 4.78 is 0. The fourth-order valence-corrected chi connectivity index (χ4v) is 7.10. The molecule has 0 heterocycles. The Morgan fingerprint density at radius 1 is 0.658 bits per heavy atom. The Bertz CT molecular complexity index is 1620. The van der Waals surface area contributed by atoms with Crippen molar-refractivity contribution >= 4 is 22.9 Å². The summed E-state index contributed by atoms with van der Waals surface area (Å²) in [5.74, 6) is 1.57. The van der Waals surface area contributed by atoms with Crippen molar-refractivity contribution < 1.29 is 0 Å². The molecule has 0 bridgehead atoms. The molecule has 4 aromatic rings. The smallest absolute Gasteiger partial charge is 0.0314 e. The van der Waals surface area contributed by atoms with Crippen molar-refractivity contribution in [2.24, 2.45) is 0 Å². The summed E-state index contributed by atoms with van der Waals surface area (Å²) in [7, 11) is 0. The molecule has 4 aromatic carbocycles. The van der Waals surface area contributed by atoms with Gasteiger partial charge in [0.25, 0.3) is 0 Å². The summed E-state index contributed by atoms with van der Waals surface area (Å²) in [6.45, 7) is 16.3. The quantitative estimate of drug-likeness (QED) is 0.258. The fraction of sp³-hybridized carbons (Fsp3) is 0.316. The van der Waals surface area contributed by atoms with Gasteiger partial charge in [0.15, 0.2) is 0 Å². The molecule has 2 unspecified atom stereocenters. The van der Waals surface area contributed by atoms with Crippen LogP contribution in [0.4, 0.5) is 0 Å². The van der Waals surface area contributed by atoms with Gasteiger partial charge in [-0.3, -0.25) is 0 Å². The minimum atomic E-state index is 0.272. The van der Waals surface area contributed by atoms with Gasteiger partial charge < -0.3 is 0 Å². The molecule has 38 heavy (non-hydrogen) atoms. The molecule has 0 spiro atoms. The largest absolute Gasteiger partial charge is 0.0616 e. The summed E-state index contributed by atoms with van der Waals surface area (Å²) in [4.78, 5) is 0. The highest BCUT2D eigenvalue weighted by Gasteiger charge is 2.34. The molecule has 2 aliphatic rings. The van der Waals surface area contributed by atoms with Crippen LogP contribution in [0.2, 0.25) is 0 Å². The maximum absolute atomic E-state index is 2.52. The van der Waals surface area contributed by atoms with E-state index in [1.807, 2.05) is 0 Å². The zero-order valence-electron chi connectivity index (χ0n) is 24.0. The van der Waals surface area contributed by atoms with Crippen molar-refractivity contribution in [2.45, 2.75) is 78.6 Å². The fourth-order valence-electron chi connectivity index (χ4n) is 7.10. The van der Waals surface area contributed by atoms with Gasteiger partial charge in [-0.15, -0.1) is 0 Å². The average molecular weight is 497 g/mol. The number of hydrogen-bond acceptors (Lipinski definition) is 0. The summed E-state index contributed by atoms with van der Waals surface area (Å²) in [6, 6.07) is 25.7. The Hall–Kier alpha value is -3.38. The van der Waals surface area contributed by atoms with Crippen LogP contribution in [0.25, 0.3) is 22.9 Å². The molecule has 0 saturated carbocycles. The predicted octanol–water partition coefficient (Wildman–Crippen LogP) is 10.7. The SMILES string of the molecule is CCc1cccc2c1C=C(C)C2c1ccc2ccccc2c1C1C(C)=Cc2c(C(C)C)cc(C(C)C)cc21. The van der Waals surface area contributed by atoms with Crippen LogP contribution in [-0.2, 0) is 6.42 Å². The highest BCUT2D eigenvalue weighted by Crippen LogP contribution is 2.52. The van der Waals surface area contributed by atoms with E-state index in [4.69, 9.17) is 0 Å². The molecular weight excluding hydrogens is 456 g/mol. The molecule has 0 fully saturated rings. The van der Waals surface area contributed by atoms with E-state index >= 15 is 0 Å². The Morgan fingerprint density at radius 2 is 1.39 bits per heavy atom. The van der Waals surface area contributed by atoms with Crippen LogP contribution in [-0.4, -0.2) is 0 Å². The first-order chi connectivity index (χ1) is 18.3. The highest BCUT2D eigenvalue weighted by molar-refractivity contribution is 5.91. The molecule has 192 valence electrons. The zero-order valence-corrected chi connectivity index (χ0v) is 24.0. The summed E-state index contributed by atoms with van der Waals surface area (Å²) >= 11 is 0. The number of fused-ring (bicyclic) bond motifs is 3. The van der Waals surface area contributed by atoms with E-state index in [1.165, 1.54) is 72.0 Å². The molecule has 0 aliphatic heterocycles. The topological polar surface area (TPSA) is 0 Å². The van der Waals surface area contributed by atoms with E-state index in [1.54, 1.807) is 0 Å². The average Bonchev–Trinajstić information content (AvgIpc) is 3.42. The number of hydrogen-bond donors (Lipinski definition) is 0. The number of benzene rings is 4. The first kappa shape index (κ1) is 24.9. The molecule has 2 atom stereocenters. The van der Waals surface area contributed by atoms with Crippen molar-refractivity contribution in [2.75, 3.05) is 0 Å². The predicted molar refractivity (Wildman–Crippen MR) is 165 cm³/mol. The lowest BCUT2D eigenvalue weighted by Gasteiger charge is -2.27. The summed E-state index contributed by atoms with van der Waals surface area (Å²) in [5.41, 5.74) is 16.2. The van der Waals surface area contributed by atoms with E-state index in [9.17, 15) is 0 Å². The van der Waals surface area contributed by atoms with Crippen LogP contribution in [0.3, 0.4) is 0 Å². The van der Waals surface area contributed by atoms with Gasteiger partial charge in [0, 0.05) is 11.8 Å². The maximum Gasteiger partial charge on any atom is 0.0314 e. The molecular formula is C38H40. The van der Waals surface area contributed by atoms with Crippen LogP contribution in [0.15, 0.2) is 77.9 Å². The Labute approximate surface area is 229 Å². The number of aryl methyl sites for hydroxylation is 1. The van der Waals surface area contributed by atoms with Crippen molar-refractivity contribution in [1.82, 2.24) is 0 Å². The number of allylic oxidation sites excluding steroid dienone is 2. The summed E-state index contributed by atoms with van der Waals surface area (Å²) in [5, 5.41) is 2.73. The zero-order chi connectivity index (χ0) is 26.7. The van der Waals surface area contributed by atoms with Gasteiger partial charge in [0.05, 0.1) is 0 Å². The van der Waals surface area contributed by atoms with Crippen LogP contribution >= 0.6 is 0 Å². The number of rotatable bonds is 5. The van der Waals surface area contributed by atoms with Crippen molar-refractivity contribution in [3.8, 4) is 0 Å². The minimum absolute atomic E-state index is 0.272. The minimum Gasteiger partial charge on any atom is -0.0616 e. The van der Waals surface area contributed by atoms with Crippen molar-refractivity contribution in [1.29, 1.82) is 0 Å². The second-order valence-electron chi connectivity index (χ2n) is 12.1. The van der Waals surface area contributed by atoms with E-state index in [-0.39, 0.29) is 5.92 Å². The standard InChI is InChI=1S/C38H40/c1-8-26-13-11-15-30-33(26)18-24(6)36(30)31-17-16-27-12-9-10-14-29(27)38(31)37-25(7)19-34-32(23(4)5)20-28(22(2)3)21-35(34)37/h9-23,36-37H,8H2,1-7H3. The Morgan fingerprint density at radius 3 is 2.13 bits per heavy atom. The van der Waals surface area contributed by atoms with Crippen LogP contribution in [0, 0.1) is 0 Å². The molecule has 0 amide bonds. The van der Waals surface area contributed by atoms with Gasteiger partial charge in [-0.1, -0.05) is 125 Å². The van der Waals surface area contributed by atoms with Crippen LogP contribution in [0.1, 0.15) is 122 Å². The maximum atomic E-state index is 2.52. The van der Waals surface area contributed by atoms with E-state index in [0.717, 1.165) is 6.42 Å². The lowest BCUT2D eigenvalue weighted by atomic mass is 9.76. The van der Waals surface area contributed by atoms with Gasteiger partial charge in [-0.25, -0.2) is 0 Å². The summed E-state index contributed by atoms with van der Waals surface area (Å²) in [6.07, 6.45) is 6.01. The molecule has 0 aromatic heterocycles. The van der Waals surface area contributed by atoms with Gasteiger partial charge in [-0.05, 0) is 92.9 Å². The third kappa shape index (κ3) is 3.80. The van der Waals surface area contributed by atoms with Crippen molar-refractivity contribution in [3.63, 3.8) is 0 Å². The first-order valence-corrected chi connectivity index (χ1v) is 14.5. The monoisotopic (exact) mass is 496 g/mol. The van der Waals surface area contributed by atoms with Crippen molar-refractivity contribution in [3.05, 3.63) is 128 Å². The third-order valence-corrected chi connectivity index (χ3v) is 9.05. The highest BCUT2D eigenvalue weighted by atomic mass is 14.4. The van der Waals surface area contributed by atoms with Gasteiger partial charge in [0.2, 0.25) is 0 Å². The van der Waals surface area contributed by atoms with Gasteiger partial charge in [0.1, 0.15) is 0 Å². The lowest BCUT2D eigenvalue weighted by Crippen LogP contribution is -2.11. The molecule has 0 nitrogen and oxygen atoms in total. The molecule has 0 heteroatoms. The molecule has 2 aliphatic carbocycles. The first-order valence-electron chi connectivity index (χ1n) is 14.5. The Balaban J connectivity index is 1.65. The van der Waals surface area contributed by atoms with E-state index in [2.05, 4.69) is 127 Å².